The van der Waals surface area contributed by atoms with Gasteiger partial charge in [0.15, 0.2) is 5.65 Å². The molecule has 1 aromatic carbocycles. The number of nitrogens with zero attached hydrogens (tertiary/aromatic N) is 3. The van der Waals surface area contributed by atoms with Gasteiger partial charge in [0.1, 0.15) is 12.1 Å². The molecule has 19 heavy (non-hydrogen) atoms. The van der Waals surface area contributed by atoms with Gasteiger partial charge in [0, 0.05) is 6.20 Å². The molecule has 2 heterocycles. The lowest BCUT2D eigenvalue weighted by Gasteiger charge is -2.07. The maximum Gasteiger partial charge on any atom is 0.250 e. The molecule has 2 aromatic heterocycles. The van der Waals surface area contributed by atoms with Crippen molar-refractivity contribution < 1.29 is 4.79 Å². The number of fused-ring (bicyclic) bond motifs is 1. The Kier molecular flexibility index (Phi) is 2.57. The van der Waals surface area contributed by atoms with E-state index in [1.54, 1.807) is 24.4 Å². The van der Waals surface area contributed by atoms with Gasteiger partial charge in [-0.2, -0.15) is 5.10 Å². The molecule has 0 saturated carbocycles. The Morgan fingerprint density at radius 1 is 1.32 bits per heavy atom. The maximum absolute atomic E-state index is 11.3. The predicted molar refractivity (Wildman–Crippen MR) is 69.9 cm³/mol. The summed E-state index contributed by atoms with van der Waals surface area (Å²) in [4.78, 5) is 19.3. The highest BCUT2D eigenvalue weighted by Gasteiger charge is 2.10. The molecule has 0 saturated heterocycles. The summed E-state index contributed by atoms with van der Waals surface area (Å²) in [6, 6.07) is 6.97. The third-order valence-corrected chi connectivity index (χ3v) is 2.69. The highest BCUT2D eigenvalue weighted by atomic mass is 16.1. The first-order valence-corrected chi connectivity index (χ1v) is 5.55. The van der Waals surface area contributed by atoms with E-state index in [-0.39, 0.29) is 0 Å². The monoisotopic (exact) mass is 254 g/mol. The minimum absolute atomic E-state index is 0.405. The van der Waals surface area contributed by atoms with E-state index in [9.17, 15) is 4.79 Å². The van der Waals surface area contributed by atoms with E-state index < -0.39 is 5.91 Å². The number of carbonyl (C=O) groups is 1. The number of H-pyrrole nitrogens is 1. The first kappa shape index (κ1) is 11.1. The van der Waals surface area contributed by atoms with Gasteiger partial charge in [0.2, 0.25) is 0 Å². The Bertz CT molecular complexity index is 751. The van der Waals surface area contributed by atoms with Crippen molar-refractivity contribution in [1.82, 2.24) is 20.2 Å². The number of aromatic amines is 1. The van der Waals surface area contributed by atoms with E-state index in [0.717, 1.165) is 5.39 Å². The number of hydrogen-bond acceptors (Lipinski definition) is 5. The lowest BCUT2D eigenvalue weighted by atomic mass is 10.1. The van der Waals surface area contributed by atoms with E-state index in [4.69, 9.17) is 5.73 Å². The second kappa shape index (κ2) is 4.37. The van der Waals surface area contributed by atoms with Crippen LogP contribution in [0.4, 0.5) is 11.5 Å². The minimum atomic E-state index is -0.497. The van der Waals surface area contributed by atoms with Crippen LogP contribution in [0.25, 0.3) is 11.0 Å². The third kappa shape index (κ3) is 1.97. The van der Waals surface area contributed by atoms with E-state index in [2.05, 4.69) is 25.5 Å². The van der Waals surface area contributed by atoms with Gasteiger partial charge in [-0.1, -0.05) is 12.1 Å². The van der Waals surface area contributed by atoms with Gasteiger partial charge < -0.3 is 11.1 Å². The Balaban J connectivity index is 2.04. The van der Waals surface area contributed by atoms with Crippen LogP contribution in [0.15, 0.2) is 36.8 Å². The summed E-state index contributed by atoms with van der Waals surface area (Å²) in [5.41, 5.74) is 6.88. The maximum atomic E-state index is 11.3. The number of nitrogens with two attached hydrogens (primary N) is 1. The van der Waals surface area contributed by atoms with Crippen molar-refractivity contribution in [2.24, 2.45) is 5.73 Å². The van der Waals surface area contributed by atoms with Gasteiger partial charge in [0.25, 0.3) is 5.91 Å². The zero-order valence-corrected chi connectivity index (χ0v) is 9.79. The predicted octanol–water partition coefficient (Wildman–Crippen LogP) is 1.20. The van der Waals surface area contributed by atoms with Crippen molar-refractivity contribution in [3.05, 3.63) is 42.4 Å². The Morgan fingerprint density at radius 2 is 2.16 bits per heavy atom. The number of amides is 1. The zero-order chi connectivity index (χ0) is 13.2. The second-order valence-electron chi connectivity index (χ2n) is 3.89. The summed E-state index contributed by atoms with van der Waals surface area (Å²) in [6.45, 7) is 0. The standard InChI is InChI=1S/C12H10N6O/c13-10(19)7-3-1-2-4-9(7)16-12-8-5-14-6-15-11(8)17-18-12/h1-6H,(H2,13,19)(H2,14,15,16,17,18). The normalized spacial score (nSPS) is 10.5. The number of hydrogen-bond donors (Lipinski definition) is 3. The largest absolute Gasteiger partial charge is 0.366 e. The van der Waals surface area contributed by atoms with Gasteiger partial charge in [-0.25, -0.2) is 9.97 Å². The molecular weight excluding hydrogens is 244 g/mol. The average molecular weight is 254 g/mol. The van der Waals surface area contributed by atoms with Crippen molar-refractivity contribution in [3.8, 4) is 0 Å². The van der Waals surface area contributed by atoms with E-state index in [0.29, 0.717) is 22.7 Å². The van der Waals surface area contributed by atoms with Gasteiger partial charge in [-0.3, -0.25) is 9.89 Å². The van der Waals surface area contributed by atoms with Crippen molar-refractivity contribution >= 4 is 28.4 Å². The zero-order valence-electron chi connectivity index (χ0n) is 9.79. The number of para-hydroxylation sites is 1. The third-order valence-electron chi connectivity index (χ3n) is 2.69. The van der Waals surface area contributed by atoms with Crippen LogP contribution in [0.2, 0.25) is 0 Å². The first-order valence-electron chi connectivity index (χ1n) is 5.55. The fourth-order valence-electron chi connectivity index (χ4n) is 1.79. The number of nitrogens with one attached hydrogen (secondary N) is 2. The average Bonchev–Trinajstić information content (AvgIpc) is 2.83. The summed E-state index contributed by atoms with van der Waals surface area (Å²) in [6.07, 6.45) is 3.06. The SMILES string of the molecule is NC(=O)c1ccccc1Nc1[nH]nc2ncncc12. The minimum Gasteiger partial charge on any atom is -0.366 e. The Morgan fingerprint density at radius 3 is 3.00 bits per heavy atom. The number of carbonyl (C=O) groups excluding carboxylic acids is 1. The topological polar surface area (TPSA) is 110 Å². The molecule has 0 atom stereocenters. The van der Waals surface area contributed by atoms with E-state index in [1.165, 1.54) is 6.33 Å². The van der Waals surface area contributed by atoms with Gasteiger partial charge in [0.05, 0.1) is 16.6 Å². The molecule has 1 amide bonds. The van der Waals surface area contributed by atoms with Crippen LogP contribution in [0.3, 0.4) is 0 Å². The quantitative estimate of drug-likeness (QED) is 0.650. The molecular formula is C12H10N6O. The van der Waals surface area contributed by atoms with Crippen LogP contribution >= 0.6 is 0 Å². The molecule has 0 unspecified atom stereocenters. The summed E-state index contributed by atoms with van der Waals surface area (Å²) in [7, 11) is 0. The molecule has 0 bridgehead atoms. The van der Waals surface area contributed by atoms with Gasteiger partial charge in [-0.05, 0) is 12.1 Å². The molecule has 0 aliphatic rings. The molecule has 94 valence electrons. The van der Waals surface area contributed by atoms with Crippen LogP contribution in [0.5, 0.6) is 0 Å². The molecule has 3 rings (SSSR count). The fourth-order valence-corrected chi connectivity index (χ4v) is 1.79. The number of primary amides is 1. The van der Waals surface area contributed by atoms with Crippen molar-refractivity contribution in [2.45, 2.75) is 0 Å². The molecule has 7 heteroatoms. The fraction of sp³-hybridized carbons (Fsp3) is 0. The van der Waals surface area contributed by atoms with Crippen molar-refractivity contribution in [3.63, 3.8) is 0 Å². The van der Waals surface area contributed by atoms with Crippen LogP contribution < -0.4 is 11.1 Å². The highest BCUT2D eigenvalue weighted by molar-refractivity contribution is 6.00. The molecule has 4 N–H and O–H groups in total. The van der Waals surface area contributed by atoms with Gasteiger partial charge >= 0.3 is 0 Å². The van der Waals surface area contributed by atoms with Crippen LogP contribution in [-0.2, 0) is 0 Å². The van der Waals surface area contributed by atoms with E-state index >= 15 is 0 Å². The Labute approximate surface area is 107 Å². The molecule has 0 spiro atoms. The molecule has 7 nitrogen and oxygen atoms in total. The first-order chi connectivity index (χ1) is 9.25. The highest BCUT2D eigenvalue weighted by Crippen LogP contribution is 2.23. The van der Waals surface area contributed by atoms with Gasteiger partial charge in [-0.15, -0.1) is 0 Å². The molecule has 0 radical (unpaired) electrons. The van der Waals surface area contributed by atoms with Crippen LogP contribution in [0, 0.1) is 0 Å². The number of benzene rings is 1. The summed E-state index contributed by atoms with van der Waals surface area (Å²) in [5.74, 6) is 0.118. The summed E-state index contributed by atoms with van der Waals surface area (Å²) in [5, 5.41) is 10.7. The lowest BCUT2D eigenvalue weighted by molar-refractivity contribution is 0.100. The van der Waals surface area contributed by atoms with Crippen molar-refractivity contribution in [1.29, 1.82) is 0 Å². The number of aromatic nitrogens is 4. The second-order valence-corrected chi connectivity index (χ2v) is 3.89. The number of anilines is 2. The van der Waals surface area contributed by atoms with Crippen LogP contribution in [0.1, 0.15) is 10.4 Å². The van der Waals surface area contributed by atoms with Crippen molar-refractivity contribution in [2.75, 3.05) is 5.32 Å². The molecule has 0 aliphatic heterocycles. The molecule has 3 aromatic rings. The summed E-state index contributed by atoms with van der Waals surface area (Å²) < 4.78 is 0. The van der Waals surface area contributed by atoms with Crippen LogP contribution in [-0.4, -0.2) is 26.1 Å². The molecule has 0 fully saturated rings. The number of rotatable bonds is 3. The summed E-state index contributed by atoms with van der Waals surface area (Å²) >= 11 is 0. The Hall–Kier alpha value is -2.96. The molecule has 0 aliphatic carbocycles. The lowest BCUT2D eigenvalue weighted by Crippen LogP contribution is -2.13. The smallest absolute Gasteiger partial charge is 0.250 e. The van der Waals surface area contributed by atoms with E-state index in [1.807, 2.05) is 6.07 Å².